The van der Waals surface area contributed by atoms with Gasteiger partial charge in [0.1, 0.15) is 5.82 Å². The number of benzene rings is 1. The molecule has 2 aromatic rings. The molecule has 1 unspecified atom stereocenters. The van der Waals surface area contributed by atoms with Gasteiger partial charge in [-0.3, -0.25) is 0 Å². The molecule has 20 heavy (non-hydrogen) atoms. The minimum absolute atomic E-state index is 0.442. The first-order valence-corrected chi connectivity index (χ1v) is 8.57. The number of imidazole rings is 1. The van der Waals surface area contributed by atoms with Crippen LogP contribution in [0.25, 0.3) is 11.0 Å². The quantitative estimate of drug-likeness (QED) is 0.868. The van der Waals surface area contributed by atoms with Crippen molar-refractivity contribution >= 4 is 28.5 Å². The molecule has 3 rings (SSSR count). The molecule has 0 aliphatic carbocycles. The largest absolute Gasteiger partial charge is 0.399 e. The van der Waals surface area contributed by atoms with Crippen LogP contribution in [0.5, 0.6) is 0 Å². The predicted octanol–water partition coefficient (Wildman–Crippen LogP) is 4.03. The van der Waals surface area contributed by atoms with Crippen LogP contribution in [0.4, 0.5) is 5.69 Å². The lowest BCUT2D eigenvalue weighted by molar-refractivity contribution is 0.564. The Bertz CT molecular complexity index is 597. The van der Waals surface area contributed by atoms with Gasteiger partial charge in [-0.25, -0.2) is 4.98 Å². The highest BCUT2D eigenvalue weighted by Gasteiger charge is 2.19. The Hall–Kier alpha value is -1.16. The van der Waals surface area contributed by atoms with Crippen LogP contribution in [0.3, 0.4) is 0 Å². The van der Waals surface area contributed by atoms with Gasteiger partial charge in [0.15, 0.2) is 0 Å². The van der Waals surface area contributed by atoms with E-state index in [1.807, 2.05) is 12.1 Å². The van der Waals surface area contributed by atoms with E-state index in [0.717, 1.165) is 23.0 Å². The summed E-state index contributed by atoms with van der Waals surface area (Å²) in [5.41, 5.74) is 8.95. The Morgan fingerprint density at radius 1 is 1.40 bits per heavy atom. The maximum absolute atomic E-state index is 5.89. The molecule has 0 bridgehead atoms. The van der Waals surface area contributed by atoms with Gasteiger partial charge in [0.25, 0.3) is 0 Å². The van der Waals surface area contributed by atoms with Crippen molar-refractivity contribution in [2.24, 2.45) is 0 Å². The van der Waals surface area contributed by atoms with Gasteiger partial charge in [0.05, 0.1) is 11.0 Å². The minimum Gasteiger partial charge on any atom is -0.399 e. The Balaban J connectivity index is 1.99. The molecule has 3 nitrogen and oxygen atoms in total. The van der Waals surface area contributed by atoms with E-state index in [2.05, 4.69) is 36.2 Å². The van der Waals surface area contributed by atoms with Gasteiger partial charge < -0.3 is 10.3 Å². The first-order valence-electron chi connectivity index (χ1n) is 7.52. The maximum Gasteiger partial charge on any atom is 0.112 e. The summed E-state index contributed by atoms with van der Waals surface area (Å²) in [4.78, 5) is 4.81. The number of nitrogen functional groups attached to an aromatic ring is 1. The van der Waals surface area contributed by atoms with Gasteiger partial charge in [-0.15, -0.1) is 0 Å². The fourth-order valence-electron chi connectivity index (χ4n) is 2.95. The Morgan fingerprint density at radius 3 is 2.95 bits per heavy atom. The molecule has 1 aromatic carbocycles. The third-order valence-electron chi connectivity index (χ3n) is 3.98. The van der Waals surface area contributed by atoms with Gasteiger partial charge in [0.2, 0.25) is 0 Å². The third-order valence-corrected chi connectivity index (χ3v) is 5.36. The van der Waals surface area contributed by atoms with Crippen molar-refractivity contribution in [3.63, 3.8) is 0 Å². The summed E-state index contributed by atoms with van der Waals surface area (Å²) in [6.45, 7) is 5.52. The molecule has 0 saturated carbocycles. The molecule has 1 aliphatic heterocycles. The first-order chi connectivity index (χ1) is 9.65. The fraction of sp³-hybridized carbons (Fsp3) is 0.562. The van der Waals surface area contributed by atoms with E-state index < -0.39 is 0 Å². The summed E-state index contributed by atoms with van der Waals surface area (Å²) >= 11 is 2.12. The van der Waals surface area contributed by atoms with Gasteiger partial charge in [0, 0.05) is 23.4 Å². The molecule has 2 heterocycles. The van der Waals surface area contributed by atoms with E-state index in [-0.39, 0.29) is 0 Å². The summed E-state index contributed by atoms with van der Waals surface area (Å²) in [5.74, 6) is 2.94. The molecule has 0 spiro atoms. The Kier molecular flexibility index (Phi) is 3.92. The summed E-state index contributed by atoms with van der Waals surface area (Å²) in [6, 6.07) is 6.10. The number of nitrogens with zero attached hydrogens (tertiary/aromatic N) is 2. The summed E-state index contributed by atoms with van der Waals surface area (Å²) in [6.07, 6.45) is 4.07. The number of nitrogens with two attached hydrogens (primary N) is 1. The van der Waals surface area contributed by atoms with Crippen molar-refractivity contribution in [3.8, 4) is 0 Å². The monoisotopic (exact) mass is 289 g/mol. The standard InChI is InChI=1S/C16H23N3S/c1-11(2)16-18-14-9-12(17)6-7-15(14)19(16)10-13-5-3-4-8-20-13/h6-7,9,11,13H,3-5,8,10,17H2,1-2H3. The Labute approximate surface area is 124 Å². The van der Waals surface area contributed by atoms with Crippen LogP contribution in [0, 0.1) is 0 Å². The minimum atomic E-state index is 0.442. The highest BCUT2D eigenvalue weighted by molar-refractivity contribution is 7.99. The lowest BCUT2D eigenvalue weighted by Crippen LogP contribution is -2.19. The van der Waals surface area contributed by atoms with Crippen LogP contribution < -0.4 is 5.73 Å². The lowest BCUT2D eigenvalue weighted by Gasteiger charge is -2.23. The van der Waals surface area contributed by atoms with E-state index in [0.29, 0.717) is 5.92 Å². The summed E-state index contributed by atoms with van der Waals surface area (Å²) in [5, 5.41) is 0.733. The van der Waals surface area contributed by atoms with E-state index >= 15 is 0 Å². The Morgan fingerprint density at radius 2 is 2.25 bits per heavy atom. The number of fused-ring (bicyclic) bond motifs is 1. The molecule has 2 N–H and O–H groups in total. The molecular weight excluding hydrogens is 266 g/mol. The van der Waals surface area contributed by atoms with Gasteiger partial charge in [-0.1, -0.05) is 20.3 Å². The maximum atomic E-state index is 5.89. The molecule has 108 valence electrons. The zero-order chi connectivity index (χ0) is 14.1. The third kappa shape index (κ3) is 2.66. The summed E-state index contributed by atoms with van der Waals surface area (Å²) < 4.78 is 2.42. The van der Waals surface area contributed by atoms with Crippen LogP contribution in [0.15, 0.2) is 18.2 Å². The fourth-order valence-corrected chi connectivity index (χ4v) is 4.25. The second kappa shape index (κ2) is 5.68. The molecule has 1 fully saturated rings. The molecule has 4 heteroatoms. The number of hydrogen-bond acceptors (Lipinski definition) is 3. The van der Waals surface area contributed by atoms with E-state index in [1.165, 1.54) is 36.4 Å². The van der Waals surface area contributed by atoms with Gasteiger partial charge in [-0.05, 0) is 36.8 Å². The van der Waals surface area contributed by atoms with Crippen molar-refractivity contribution < 1.29 is 0 Å². The smallest absolute Gasteiger partial charge is 0.112 e. The summed E-state index contributed by atoms with van der Waals surface area (Å²) in [7, 11) is 0. The molecular formula is C16H23N3S. The van der Waals surface area contributed by atoms with Crippen molar-refractivity contribution in [2.45, 2.75) is 50.8 Å². The van der Waals surface area contributed by atoms with Crippen molar-refractivity contribution in [2.75, 3.05) is 11.5 Å². The van der Waals surface area contributed by atoms with Crippen LogP contribution >= 0.6 is 11.8 Å². The second-order valence-corrected chi connectivity index (χ2v) is 7.38. The van der Waals surface area contributed by atoms with E-state index in [4.69, 9.17) is 10.7 Å². The predicted molar refractivity (Wildman–Crippen MR) is 88.3 cm³/mol. The van der Waals surface area contributed by atoms with Gasteiger partial charge >= 0.3 is 0 Å². The van der Waals surface area contributed by atoms with Crippen LogP contribution in [0.1, 0.15) is 44.9 Å². The first kappa shape index (κ1) is 13.8. The number of aromatic nitrogens is 2. The number of anilines is 1. The highest BCUT2D eigenvalue weighted by atomic mass is 32.2. The molecule has 0 amide bonds. The molecule has 1 aliphatic rings. The van der Waals surface area contributed by atoms with Crippen molar-refractivity contribution in [1.82, 2.24) is 9.55 Å². The molecule has 1 atom stereocenters. The molecule has 1 saturated heterocycles. The van der Waals surface area contributed by atoms with Crippen LogP contribution in [-0.4, -0.2) is 20.6 Å². The van der Waals surface area contributed by atoms with E-state index in [1.54, 1.807) is 0 Å². The zero-order valence-electron chi connectivity index (χ0n) is 12.3. The second-order valence-electron chi connectivity index (χ2n) is 5.97. The zero-order valence-corrected chi connectivity index (χ0v) is 13.1. The van der Waals surface area contributed by atoms with Crippen molar-refractivity contribution in [3.05, 3.63) is 24.0 Å². The number of rotatable bonds is 3. The van der Waals surface area contributed by atoms with Crippen LogP contribution in [0.2, 0.25) is 0 Å². The highest BCUT2D eigenvalue weighted by Crippen LogP contribution is 2.30. The average molecular weight is 289 g/mol. The van der Waals surface area contributed by atoms with E-state index in [9.17, 15) is 0 Å². The SMILES string of the molecule is CC(C)c1nc2cc(N)ccc2n1CC1CCCCS1. The average Bonchev–Trinajstić information content (AvgIpc) is 2.78. The normalized spacial score (nSPS) is 19.9. The molecule has 1 aromatic heterocycles. The number of hydrogen-bond donors (Lipinski definition) is 1. The number of thioether (sulfide) groups is 1. The van der Waals surface area contributed by atoms with Crippen molar-refractivity contribution in [1.29, 1.82) is 0 Å². The van der Waals surface area contributed by atoms with Gasteiger partial charge in [-0.2, -0.15) is 11.8 Å². The topological polar surface area (TPSA) is 43.8 Å². The molecule has 0 radical (unpaired) electrons. The lowest BCUT2D eigenvalue weighted by atomic mass is 10.1. The van der Waals surface area contributed by atoms with Crippen LogP contribution in [-0.2, 0) is 6.54 Å².